The number of anilines is 1. The monoisotopic (exact) mass is 365 g/mol. The van der Waals surface area contributed by atoms with Crippen LogP contribution in [0.3, 0.4) is 0 Å². The van der Waals surface area contributed by atoms with Gasteiger partial charge in [0.2, 0.25) is 0 Å². The van der Waals surface area contributed by atoms with E-state index in [1.807, 2.05) is 6.07 Å². The first-order chi connectivity index (χ1) is 8.47. The largest absolute Gasteiger partial charge is 0.454 e. The van der Waals surface area contributed by atoms with Gasteiger partial charge in [-0.3, -0.25) is 0 Å². The van der Waals surface area contributed by atoms with Crippen LogP contribution >= 0.6 is 50.7 Å². The van der Waals surface area contributed by atoms with Gasteiger partial charge in [-0.2, -0.15) is 0 Å². The molecule has 0 aliphatic rings. The summed E-state index contributed by atoms with van der Waals surface area (Å²) < 4.78 is 6.48. The number of halogens is 4. The lowest BCUT2D eigenvalue weighted by atomic mass is 10.3. The lowest BCUT2D eigenvalue weighted by Crippen LogP contribution is -1.92. The predicted molar refractivity (Wildman–Crippen MR) is 80.1 cm³/mol. The van der Waals surface area contributed by atoms with E-state index >= 15 is 0 Å². The van der Waals surface area contributed by atoms with Gasteiger partial charge in [0.05, 0.1) is 20.8 Å². The van der Waals surface area contributed by atoms with Gasteiger partial charge in [-0.05, 0) is 24.3 Å². The maximum atomic E-state index is 6.02. The number of benzene rings is 2. The molecular formula is C12H7BrCl3NO. The Balaban J connectivity index is 2.37. The second kappa shape index (κ2) is 5.57. The highest BCUT2D eigenvalue weighted by molar-refractivity contribution is 9.10. The van der Waals surface area contributed by atoms with Crippen LogP contribution in [0.4, 0.5) is 5.69 Å². The van der Waals surface area contributed by atoms with Crippen LogP contribution in [0.1, 0.15) is 0 Å². The molecule has 2 nitrogen and oxygen atoms in total. The van der Waals surface area contributed by atoms with E-state index < -0.39 is 0 Å². The Hall–Kier alpha value is -0.610. The Labute approximate surface area is 128 Å². The molecule has 0 atom stereocenters. The molecule has 2 rings (SSSR count). The Bertz CT molecular complexity index is 604. The average Bonchev–Trinajstić information content (AvgIpc) is 2.29. The van der Waals surface area contributed by atoms with Crippen LogP contribution in [-0.4, -0.2) is 0 Å². The van der Waals surface area contributed by atoms with Crippen LogP contribution in [0.5, 0.6) is 11.5 Å². The summed E-state index contributed by atoms with van der Waals surface area (Å²) >= 11 is 21.1. The van der Waals surface area contributed by atoms with Crippen molar-refractivity contribution in [2.24, 2.45) is 0 Å². The summed E-state index contributed by atoms with van der Waals surface area (Å²) in [7, 11) is 0. The fourth-order valence-electron chi connectivity index (χ4n) is 1.31. The van der Waals surface area contributed by atoms with Crippen molar-refractivity contribution in [3.63, 3.8) is 0 Å². The van der Waals surface area contributed by atoms with Crippen molar-refractivity contribution in [1.82, 2.24) is 0 Å². The molecule has 0 aromatic heterocycles. The van der Waals surface area contributed by atoms with Gasteiger partial charge in [-0.1, -0.05) is 50.7 Å². The molecule has 0 fully saturated rings. The summed E-state index contributed by atoms with van der Waals surface area (Å²) in [6, 6.07) is 8.36. The standard InChI is InChI=1S/C12H7BrCl3NO/c13-6-1-2-11(10(17)3-6)18-12-5-8(15)7(14)4-9(12)16/h1-5H,17H2. The highest BCUT2D eigenvalue weighted by Crippen LogP contribution is 2.38. The van der Waals surface area contributed by atoms with Crippen molar-refractivity contribution in [2.75, 3.05) is 5.73 Å². The summed E-state index contributed by atoms with van der Waals surface area (Å²) in [6.45, 7) is 0. The molecule has 94 valence electrons. The minimum absolute atomic E-state index is 0.367. The van der Waals surface area contributed by atoms with Crippen LogP contribution in [0.2, 0.25) is 15.1 Å². The molecule has 0 radical (unpaired) electrons. The predicted octanol–water partition coefficient (Wildman–Crippen LogP) is 5.78. The number of hydrogen-bond acceptors (Lipinski definition) is 2. The van der Waals surface area contributed by atoms with Crippen molar-refractivity contribution in [2.45, 2.75) is 0 Å². The smallest absolute Gasteiger partial charge is 0.150 e. The topological polar surface area (TPSA) is 35.2 Å². The summed E-state index contributed by atoms with van der Waals surface area (Å²) in [4.78, 5) is 0. The molecule has 0 saturated carbocycles. The number of nitrogen functional groups attached to an aromatic ring is 1. The van der Waals surface area contributed by atoms with E-state index in [0.717, 1.165) is 4.47 Å². The van der Waals surface area contributed by atoms with Crippen molar-refractivity contribution < 1.29 is 4.74 Å². The highest BCUT2D eigenvalue weighted by atomic mass is 79.9. The molecule has 0 bridgehead atoms. The minimum atomic E-state index is 0.367. The summed E-state index contributed by atoms with van der Waals surface area (Å²) in [5, 5.41) is 1.11. The van der Waals surface area contributed by atoms with Gasteiger partial charge >= 0.3 is 0 Å². The summed E-state index contributed by atoms with van der Waals surface area (Å²) in [6.07, 6.45) is 0. The van der Waals surface area contributed by atoms with Crippen LogP contribution in [0.25, 0.3) is 0 Å². The fraction of sp³-hybridized carbons (Fsp3) is 0. The molecule has 0 spiro atoms. The molecule has 2 N–H and O–H groups in total. The van der Waals surface area contributed by atoms with Gasteiger partial charge in [0, 0.05) is 10.5 Å². The number of hydrogen-bond donors (Lipinski definition) is 1. The first-order valence-electron chi connectivity index (χ1n) is 4.85. The molecule has 2 aromatic carbocycles. The third-order valence-electron chi connectivity index (χ3n) is 2.17. The van der Waals surface area contributed by atoms with Gasteiger partial charge in [-0.25, -0.2) is 0 Å². The summed E-state index contributed by atoms with van der Waals surface area (Å²) in [5.74, 6) is 0.901. The van der Waals surface area contributed by atoms with E-state index in [-0.39, 0.29) is 0 Å². The van der Waals surface area contributed by atoms with Gasteiger partial charge in [0.25, 0.3) is 0 Å². The minimum Gasteiger partial charge on any atom is -0.454 e. The molecule has 0 unspecified atom stereocenters. The maximum Gasteiger partial charge on any atom is 0.150 e. The Morgan fingerprint density at radius 1 is 0.889 bits per heavy atom. The molecule has 0 aliphatic heterocycles. The van der Waals surface area contributed by atoms with E-state index in [9.17, 15) is 0 Å². The average molecular weight is 367 g/mol. The molecule has 0 heterocycles. The van der Waals surface area contributed by atoms with Crippen molar-refractivity contribution in [3.05, 3.63) is 49.9 Å². The maximum absolute atomic E-state index is 6.02. The molecule has 18 heavy (non-hydrogen) atoms. The SMILES string of the molecule is Nc1cc(Br)ccc1Oc1cc(Cl)c(Cl)cc1Cl. The van der Waals surface area contributed by atoms with Crippen LogP contribution < -0.4 is 10.5 Å². The van der Waals surface area contributed by atoms with Crippen molar-refractivity contribution in [1.29, 1.82) is 0 Å². The van der Waals surface area contributed by atoms with Crippen molar-refractivity contribution in [3.8, 4) is 11.5 Å². The number of ether oxygens (including phenoxy) is 1. The fourth-order valence-corrected chi connectivity index (χ4v) is 2.27. The van der Waals surface area contributed by atoms with E-state index in [4.69, 9.17) is 45.3 Å². The molecular weight excluding hydrogens is 360 g/mol. The molecule has 2 aromatic rings. The van der Waals surface area contributed by atoms with Gasteiger partial charge in [0.1, 0.15) is 11.5 Å². The van der Waals surface area contributed by atoms with Crippen molar-refractivity contribution >= 4 is 56.4 Å². The molecule has 6 heteroatoms. The normalized spacial score (nSPS) is 10.4. The zero-order valence-corrected chi connectivity index (χ0v) is 12.7. The van der Waals surface area contributed by atoms with Gasteiger partial charge in [-0.15, -0.1) is 0 Å². The Kier molecular flexibility index (Phi) is 4.28. The Morgan fingerprint density at radius 2 is 1.56 bits per heavy atom. The highest BCUT2D eigenvalue weighted by Gasteiger charge is 2.10. The first kappa shape index (κ1) is 13.8. The number of rotatable bonds is 2. The van der Waals surface area contributed by atoms with E-state index in [1.54, 1.807) is 18.2 Å². The lowest BCUT2D eigenvalue weighted by Gasteiger charge is -2.11. The zero-order valence-electron chi connectivity index (χ0n) is 8.88. The second-order valence-electron chi connectivity index (χ2n) is 3.48. The van der Waals surface area contributed by atoms with E-state index in [0.29, 0.717) is 32.3 Å². The van der Waals surface area contributed by atoms with E-state index in [2.05, 4.69) is 15.9 Å². The zero-order chi connectivity index (χ0) is 13.3. The number of nitrogens with two attached hydrogens (primary N) is 1. The third kappa shape index (κ3) is 3.04. The third-order valence-corrected chi connectivity index (χ3v) is 3.68. The quantitative estimate of drug-likeness (QED) is 0.539. The van der Waals surface area contributed by atoms with Crippen LogP contribution in [0.15, 0.2) is 34.8 Å². The molecule has 0 amide bonds. The Morgan fingerprint density at radius 3 is 2.22 bits per heavy atom. The second-order valence-corrected chi connectivity index (χ2v) is 5.62. The van der Waals surface area contributed by atoms with E-state index in [1.165, 1.54) is 6.07 Å². The first-order valence-corrected chi connectivity index (χ1v) is 6.77. The van der Waals surface area contributed by atoms with Crippen LogP contribution in [-0.2, 0) is 0 Å². The molecule has 0 aliphatic carbocycles. The summed E-state index contributed by atoms with van der Waals surface area (Å²) in [5.41, 5.74) is 6.32. The van der Waals surface area contributed by atoms with Gasteiger partial charge < -0.3 is 10.5 Å². The van der Waals surface area contributed by atoms with Crippen LogP contribution in [0, 0.1) is 0 Å². The molecule has 0 saturated heterocycles. The van der Waals surface area contributed by atoms with Gasteiger partial charge in [0.15, 0.2) is 0 Å². The lowest BCUT2D eigenvalue weighted by molar-refractivity contribution is 0.485.